The van der Waals surface area contributed by atoms with Gasteiger partial charge in [-0.2, -0.15) is 0 Å². The van der Waals surface area contributed by atoms with E-state index in [1.165, 1.54) is 55.4 Å². The van der Waals surface area contributed by atoms with Crippen molar-refractivity contribution in [1.82, 2.24) is 0 Å². The molecule has 0 N–H and O–H groups in total. The van der Waals surface area contributed by atoms with E-state index in [0.717, 1.165) is 25.7 Å². The van der Waals surface area contributed by atoms with Gasteiger partial charge >= 0.3 is 0 Å². The van der Waals surface area contributed by atoms with E-state index in [1.807, 2.05) is 0 Å². The van der Waals surface area contributed by atoms with Gasteiger partial charge in [0.2, 0.25) is 13.4 Å². The minimum absolute atomic E-state index is 0.347. The lowest BCUT2D eigenvalue weighted by Gasteiger charge is -2.38. The van der Waals surface area contributed by atoms with Crippen molar-refractivity contribution in [2.45, 2.75) is 32.6 Å². The van der Waals surface area contributed by atoms with Gasteiger partial charge in [-0.25, -0.2) is 0 Å². The molecular formula is C35H26B2. The second-order valence-electron chi connectivity index (χ2n) is 11.7. The largest absolute Gasteiger partial charge is 0.242 e. The van der Waals surface area contributed by atoms with E-state index in [1.54, 1.807) is 27.4 Å². The lowest BCUT2D eigenvalue weighted by molar-refractivity contribution is 1.11. The number of benzene rings is 5. The van der Waals surface area contributed by atoms with E-state index in [9.17, 15) is 0 Å². The molecule has 0 spiro atoms. The van der Waals surface area contributed by atoms with Gasteiger partial charge in [0, 0.05) is 0 Å². The van der Waals surface area contributed by atoms with Gasteiger partial charge in [-0.15, -0.1) is 0 Å². The van der Waals surface area contributed by atoms with Gasteiger partial charge < -0.3 is 0 Å². The second-order valence-corrected chi connectivity index (χ2v) is 11.7. The van der Waals surface area contributed by atoms with Gasteiger partial charge in [-0.05, 0) is 77.1 Å². The van der Waals surface area contributed by atoms with Crippen molar-refractivity contribution in [2.75, 3.05) is 0 Å². The first-order valence-corrected chi connectivity index (χ1v) is 13.8. The Kier molecular flexibility index (Phi) is 3.93. The van der Waals surface area contributed by atoms with Crippen molar-refractivity contribution >= 4 is 46.2 Å². The molecule has 5 aromatic carbocycles. The van der Waals surface area contributed by atoms with E-state index in [0.29, 0.717) is 13.4 Å². The summed E-state index contributed by atoms with van der Waals surface area (Å²) in [5, 5.41) is 0. The van der Waals surface area contributed by atoms with E-state index in [4.69, 9.17) is 0 Å². The number of hydrogen-bond acceptors (Lipinski definition) is 0. The van der Waals surface area contributed by atoms with Crippen molar-refractivity contribution in [2.24, 2.45) is 0 Å². The summed E-state index contributed by atoms with van der Waals surface area (Å²) in [5.74, 6) is 0. The van der Waals surface area contributed by atoms with Crippen molar-refractivity contribution in [1.29, 1.82) is 0 Å². The van der Waals surface area contributed by atoms with Crippen molar-refractivity contribution < 1.29 is 0 Å². The first-order chi connectivity index (χ1) is 18.2. The number of aryl methyl sites for hydroxylation is 1. The molecule has 0 saturated carbocycles. The Labute approximate surface area is 219 Å². The maximum atomic E-state index is 2.65. The van der Waals surface area contributed by atoms with Crippen LogP contribution in [0.15, 0.2) is 91.0 Å². The standard InChI is InChI=1S/C35H26B2/c1-21-13-28-16-23-8-3-5-12-31(23)37-33-20-32-26(18-27(33)19-29(14-21)35(28)37)17-25-10-6-9-24-15-22-7-2-4-11-30(22)36(32)34(24)25/h2-14,18,20H,15-17,19H2,1H3. The molecule has 0 radical (unpaired) electrons. The number of rotatable bonds is 0. The SMILES string of the molecule is Cc1cc2c3c(c1)Cc1cc4c(cc1B3c1ccccc1C2)B1c2ccccc2Cc2cccc(c21)C4. The fourth-order valence-corrected chi connectivity index (χ4v) is 8.27. The van der Waals surface area contributed by atoms with Crippen LogP contribution in [0.4, 0.5) is 0 Å². The molecule has 0 aromatic heterocycles. The summed E-state index contributed by atoms with van der Waals surface area (Å²) in [6.45, 7) is 2.96. The van der Waals surface area contributed by atoms with Gasteiger partial charge in [-0.3, -0.25) is 0 Å². The predicted molar refractivity (Wildman–Crippen MR) is 157 cm³/mol. The molecule has 0 fully saturated rings. The van der Waals surface area contributed by atoms with Crippen LogP contribution >= 0.6 is 0 Å². The third kappa shape index (κ3) is 2.71. The van der Waals surface area contributed by atoms with Crippen LogP contribution in [-0.2, 0) is 25.7 Å². The summed E-state index contributed by atoms with van der Waals surface area (Å²) in [6, 6.07) is 35.6. The summed E-state index contributed by atoms with van der Waals surface area (Å²) in [4.78, 5) is 0. The Hall–Kier alpha value is -3.77. The van der Waals surface area contributed by atoms with E-state index in [-0.39, 0.29) is 0 Å². The molecule has 0 atom stereocenters. The smallest absolute Gasteiger partial charge is 0.0711 e. The van der Waals surface area contributed by atoms with Gasteiger partial charge in [0.1, 0.15) is 0 Å². The topological polar surface area (TPSA) is 0 Å². The average Bonchev–Trinajstić information content (AvgIpc) is 2.91. The van der Waals surface area contributed by atoms with Crippen LogP contribution in [0.3, 0.4) is 0 Å². The minimum Gasteiger partial charge on any atom is -0.0711 e. The molecule has 9 rings (SSSR count). The van der Waals surface area contributed by atoms with Crippen LogP contribution in [0.2, 0.25) is 0 Å². The Bertz CT molecular complexity index is 1810. The minimum atomic E-state index is 0.347. The normalized spacial score (nSPS) is 15.2. The van der Waals surface area contributed by atoms with Crippen molar-refractivity contribution in [3.05, 3.63) is 141 Å². The fourth-order valence-electron chi connectivity index (χ4n) is 8.27. The monoisotopic (exact) mass is 468 g/mol. The summed E-state index contributed by atoms with van der Waals surface area (Å²) in [7, 11) is 0. The fraction of sp³-hybridized carbons (Fsp3) is 0.143. The lowest BCUT2D eigenvalue weighted by Crippen LogP contribution is -2.65. The molecule has 0 amide bonds. The highest BCUT2D eigenvalue weighted by molar-refractivity contribution is 7.00. The molecule has 0 nitrogen and oxygen atoms in total. The van der Waals surface area contributed by atoms with Crippen molar-refractivity contribution in [3.63, 3.8) is 0 Å². The first kappa shape index (κ1) is 20.3. The summed E-state index contributed by atoms with van der Waals surface area (Å²) < 4.78 is 0. The lowest BCUT2D eigenvalue weighted by atomic mass is 9.27. The van der Waals surface area contributed by atoms with Gasteiger partial charge in [0.15, 0.2) is 0 Å². The second kappa shape index (κ2) is 7.17. The molecule has 4 aliphatic rings. The first-order valence-electron chi connectivity index (χ1n) is 13.8. The highest BCUT2D eigenvalue weighted by Gasteiger charge is 2.41. The third-order valence-electron chi connectivity index (χ3n) is 9.64. The molecule has 0 bridgehead atoms. The van der Waals surface area contributed by atoms with Gasteiger partial charge in [0.25, 0.3) is 0 Å². The molecule has 172 valence electrons. The molecule has 5 aromatic rings. The molecular weight excluding hydrogens is 442 g/mol. The van der Waals surface area contributed by atoms with Crippen molar-refractivity contribution in [3.8, 4) is 0 Å². The zero-order chi connectivity index (χ0) is 24.2. The summed E-state index contributed by atoms with van der Waals surface area (Å²) in [6.07, 6.45) is 4.23. The van der Waals surface area contributed by atoms with Crippen LogP contribution < -0.4 is 32.8 Å². The zero-order valence-electron chi connectivity index (χ0n) is 21.1. The average molecular weight is 468 g/mol. The molecule has 4 aliphatic heterocycles. The van der Waals surface area contributed by atoms with Crippen LogP contribution in [0, 0.1) is 6.92 Å². The van der Waals surface area contributed by atoms with Crippen LogP contribution in [0.25, 0.3) is 0 Å². The quantitative estimate of drug-likeness (QED) is 0.301. The Morgan fingerprint density at radius 3 is 1.49 bits per heavy atom. The third-order valence-corrected chi connectivity index (χ3v) is 9.64. The number of hydrogen-bond donors (Lipinski definition) is 0. The molecule has 0 unspecified atom stereocenters. The van der Waals surface area contributed by atoms with E-state index >= 15 is 0 Å². The highest BCUT2D eigenvalue weighted by Crippen LogP contribution is 2.27. The maximum Gasteiger partial charge on any atom is 0.242 e. The molecule has 0 saturated heterocycles. The van der Waals surface area contributed by atoms with Gasteiger partial charge in [-0.1, -0.05) is 129 Å². The van der Waals surface area contributed by atoms with E-state index < -0.39 is 0 Å². The van der Waals surface area contributed by atoms with Crippen LogP contribution in [-0.4, -0.2) is 13.4 Å². The summed E-state index contributed by atoms with van der Waals surface area (Å²) >= 11 is 0. The van der Waals surface area contributed by atoms with Gasteiger partial charge in [0.05, 0.1) is 0 Å². The molecule has 0 aliphatic carbocycles. The zero-order valence-corrected chi connectivity index (χ0v) is 21.1. The van der Waals surface area contributed by atoms with E-state index in [2.05, 4.69) is 97.9 Å². The summed E-state index contributed by atoms with van der Waals surface area (Å²) in [5.41, 5.74) is 22.9. The molecule has 37 heavy (non-hydrogen) atoms. The maximum absolute atomic E-state index is 2.65. The Morgan fingerprint density at radius 2 is 0.865 bits per heavy atom. The van der Waals surface area contributed by atoms with Crippen LogP contribution in [0.5, 0.6) is 0 Å². The Balaban J connectivity index is 1.33. The predicted octanol–water partition coefficient (Wildman–Crippen LogP) is 2.64. The highest BCUT2D eigenvalue weighted by atomic mass is 14.3. The number of fused-ring (bicyclic) bond motifs is 8. The molecule has 2 heteroatoms. The Morgan fingerprint density at radius 1 is 0.405 bits per heavy atom. The van der Waals surface area contributed by atoms with Crippen LogP contribution in [0.1, 0.15) is 50.1 Å². The molecule has 4 heterocycles.